The van der Waals surface area contributed by atoms with Gasteiger partial charge in [-0.3, -0.25) is 0 Å². The summed E-state index contributed by atoms with van der Waals surface area (Å²) in [5, 5.41) is 19.7. The Labute approximate surface area is 243 Å². The zero-order valence-electron chi connectivity index (χ0n) is 23.5. The van der Waals surface area contributed by atoms with Crippen LogP contribution < -0.4 is 20.9 Å². The van der Waals surface area contributed by atoms with Gasteiger partial charge in [0, 0.05) is 38.3 Å². The van der Waals surface area contributed by atoms with E-state index in [4.69, 9.17) is 9.97 Å². The molecule has 0 amide bonds. The molecule has 2 heterocycles. The SMILES string of the molecule is C[C@@H]1CN(c2nc(NCCc3ccc(O)cc3)nc(NCc3ccccc3-c3ccc(C(F)(F)F)cc3)n2)C[C@H](C)N1. The van der Waals surface area contributed by atoms with Crippen LogP contribution in [-0.4, -0.2) is 51.8 Å². The maximum Gasteiger partial charge on any atom is 0.416 e. The Morgan fingerprint density at radius 2 is 1.50 bits per heavy atom. The fourth-order valence-electron chi connectivity index (χ4n) is 5.10. The summed E-state index contributed by atoms with van der Waals surface area (Å²) in [6.45, 7) is 6.69. The summed E-state index contributed by atoms with van der Waals surface area (Å²) >= 11 is 0. The van der Waals surface area contributed by atoms with E-state index in [1.165, 1.54) is 12.1 Å². The molecule has 42 heavy (non-hydrogen) atoms. The minimum Gasteiger partial charge on any atom is -0.508 e. The van der Waals surface area contributed by atoms with Gasteiger partial charge in [-0.25, -0.2) is 0 Å². The van der Waals surface area contributed by atoms with Crippen molar-refractivity contribution in [2.24, 2.45) is 0 Å². The molecule has 5 rings (SSSR count). The van der Waals surface area contributed by atoms with Gasteiger partial charge in [-0.15, -0.1) is 0 Å². The lowest BCUT2D eigenvalue weighted by Crippen LogP contribution is -2.54. The van der Waals surface area contributed by atoms with Gasteiger partial charge in [0.15, 0.2) is 0 Å². The van der Waals surface area contributed by atoms with Crippen LogP contribution in [0.4, 0.5) is 31.0 Å². The molecule has 8 nitrogen and oxygen atoms in total. The van der Waals surface area contributed by atoms with Crippen LogP contribution in [0.1, 0.15) is 30.5 Å². The summed E-state index contributed by atoms with van der Waals surface area (Å²) in [5.74, 6) is 1.63. The first-order valence-electron chi connectivity index (χ1n) is 13.9. The van der Waals surface area contributed by atoms with Crippen molar-refractivity contribution in [1.82, 2.24) is 20.3 Å². The number of halogens is 3. The molecule has 220 valence electrons. The Bertz CT molecular complexity index is 1470. The van der Waals surface area contributed by atoms with Crippen molar-refractivity contribution >= 4 is 17.8 Å². The molecular formula is C31H34F3N7O. The van der Waals surface area contributed by atoms with Gasteiger partial charge >= 0.3 is 6.18 Å². The van der Waals surface area contributed by atoms with Crippen LogP contribution in [0.15, 0.2) is 72.8 Å². The highest BCUT2D eigenvalue weighted by Crippen LogP contribution is 2.32. The molecule has 2 atom stereocenters. The predicted octanol–water partition coefficient (Wildman–Crippen LogP) is 5.72. The lowest BCUT2D eigenvalue weighted by atomic mass is 9.98. The monoisotopic (exact) mass is 577 g/mol. The largest absolute Gasteiger partial charge is 0.508 e. The van der Waals surface area contributed by atoms with Crippen LogP contribution >= 0.6 is 0 Å². The predicted molar refractivity (Wildman–Crippen MR) is 159 cm³/mol. The van der Waals surface area contributed by atoms with Gasteiger partial charge in [-0.2, -0.15) is 28.1 Å². The van der Waals surface area contributed by atoms with Crippen molar-refractivity contribution in [2.75, 3.05) is 35.2 Å². The van der Waals surface area contributed by atoms with Gasteiger partial charge in [0.05, 0.1) is 5.56 Å². The lowest BCUT2D eigenvalue weighted by molar-refractivity contribution is -0.137. The maximum absolute atomic E-state index is 13.1. The molecule has 0 aliphatic carbocycles. The normalized spacial score (nSPS) is 17.2. The van der Waals surface area contributed by atoms with E-state index in [9.17, 15) is 18.3 Å². The molecule has 0 saturated carbocycles. The topological polar surface area (TPSA) is 98.2 Å². The summed E-state index contributed by atoms with van der Waals surface area (Å²) in [7, 11) is 0. The van der Waals surface area contributed by atoms with Crippen molar-refractivity contribution in [1.29, 1.82) is 0 Å². The molecule has 0 radical (unpaired) electrons. The van der Waals surface area contributed by atoms with E-state index in [-0.39, 0.29) is 17.8 Å². The Morgan fingerprint density at radius 1 is 0.857 bits per heavy atom. The summed E-state index contributed by atoms with van der Waals surface area (Å²) in [6, 6.07) is 20.4. The van der Waals surface area contributed by atoms with E-state index < -0.39 is 11.7 Å². The van der Waals surface area contributed by atoms with E-state index in [1.54, 1.807) is 12.1 Å². The number of aromatic nitrogens is 3. The highest BCUT2D eigenvalue weighted by atomic mass is 19.4. The quantitative estimate of drug-likeness (QED) is 0.201. The Hall–Kier alpha value is -4.38. The second kappa shape index (κ2) is 12.6. The zero-order chi connectivity index (χ0) is 29.7. The van der Waals surface area contributed by atoms with Gasteiger partial charge in [0.2, 0.25) is 17.8 Å². The number of phenolic OH excluding ortho intramolecular Hbond substituents is 1. The van der Waals surface area contributed by atoms with Crippen molar-refractivity contribution in [3.05, 3.63) is 89.5 Å². The van der Waals surface area contributed by atoms with E-state index in [1.807, 2.05) is 36.4 Å². The average molecular weight is 578 g/mol. The van der Waals surface area contributed by atoms with E-state index in [0.29, 0.717) is 42.9 Å². The summed E-state index contributed by atoms with van der Waals surface area (Å²) < 4.78 is 39.2. The second-order valence-corrected chi connectivity index (χ2v) is 10.6. The lowest BCUT2D eigenvalue weighted by Gasteiger charge is -2.36. The molecule has 1 saturated heterocycles. The first kappa shape index (κ1) is 29.1. The number of aromatic hydroxyl groups is 1. The van der Waals surface area contributed by atoms with E-state index in [2.05, 4.69) is 39.7 Å². The maximum atomic E-state index is 13.1. The minimum absolute atomic E-state index is 0.226. The number of anilines is 3. The molecule has 1 aliphatic heterocycles. The number of phenols is 1. The van der Waals surface area contributed by atoms with Gasteiger partial charge in [0.25, 0.3) is 0 Å². The third-order valence-corrected chi connectivity index (χ3v) is 7.07. The molecule has 3 aromatic carbocycles. The Balaban J connectivity index is 1.35. The summed E-state index contributed by atoms with van der Waals surface area (Å²) in [5.41, 5.74) is 2.80. The molecule has 4 N–H and O–H groups in total. The molecule has 11 heteroatoms. The second-order valence-electron chi connectivity index (χ2n) is 10.6. The molecule has 1 aromatic heterocycles. The zero-order valence-corrected chi connectivity index (χ0v) is 23.5. The average Bonchev–Trinajstić information content (AvgIpc) is 2.96. The van der Waals surface area contributed by atoms with Crippen LogP contribution in [0.5, 0.6) is 5.75 Å². The number of hydrogen-bond acceptors (Lipinski definition) is 8. The highest BCUT2D eigenvalue weighted by molar-refractivity contribution is 5.68. The van der Waals surface area contributed by atoms with Crippen molar-refractivity contribution in [2.45, 2.75) is 45.1 Å². The molecule has 1 fully saturated rings. The van der Waals surface area contributed by atoms with Crippen molar-refractivity contribution in [3.63, 3.8) is 0 Å². The van der Waals surface area contributed by atoms with E-state index in [0.717, 1.165) is 41.9 Å². The highest BCUT2D eigenvalue weighted by Gasteiger charge is 2.30. The Kier molecular flexibility index (Phi) is 8.77. The number of benzene rings is 3. The number of nitrogens with one attached hydrogen (secondary N) is 3. The van der Waals surface area contributed by atoms with Gasteiger partial charge in [-0.05, 0) is 66.8 Å². The molecular weight excluding hydrogens is 543 g/mol. The fraction of sp³-hybridized carbons (Fsp3) is 0.323. The number of nitrogens with zero attached hydrogens (tertiary/aromatic N) is 4. The molecule has 4 aromatic rings. The first-order chi connectivity index (χ1) is 20.1. The van der Waals surface area contributed by atoms with Gasteiger partial charge in [-0.1, -0.05) is 48.5 Å². The van der Waals surface area contributed by atoms with Crippen molar-refractivity contribution < 1.29 is 18.3 Å². The van der Waals surface area contributed by atoms with Crippen LogP contribution in [0, 0.1) is 0 Å². The molecule has 0 unspecified atom stereocenters. The molecule has 0 bridgehead atoms. The van der Waals surface area contributed by atoms with Gasteiger partial charge in [0.1, 0.15) is 5.75 Å². The third-order valence-electron chi connectivity index (χ3n) is 7.07. The summed E-state index contributed by atoms with van der Waals surface area (Å²) in [4.78, 5) is 16.2. The molecule has 1 aliphatic rings. The van der Waals surface area contributed by atoms with Crippen molar-refractivity contribution in [3.8, 4) is 16.9 Å². The van der Waals surface area contributed by atoms with Gasteiger partial charge < -0.3 is 26.0 Å². The van der Waals surface area contributed by atoms with Crippen LogP contribution in [0.25, 0.3) is 11.1 Å². The van der Waals surface area contributed by atoms with E-state index >= 15 is 0 Å². The number of rotatable bonds is 9. The summed E-state index contributed by atoms with van der Waals surface area (Å²) in [6.07, 6.45) is -3.67. The minimum atomic E-state index is -4.38. The first-order valence-corrected chi connectivity index (χ1v) is 13.9. The van der Waals surface area contributed by atoms with Crippen LogP contribution in [0.3, 0.4) is 0 Å². The van der Waals surface area contributed by atoms with Crippen LogP contribution in [0.2, 0.25) is 0 Å². The van der Waals surface area contributed by atoms with Crippen LogP contribution in [-0.2, 0) is 19.1 Å². The molecule has 0 spiro atoms. The fourth-order valence-corrected chi connectivity index (χ4v) is 5.10. The third kappa shape index (κ3) is 7.47. The smallest absolute Gasteiger partial charge is 0.416 e. The Morgan fingerprint density at radius 3 is 2.17 bits per heavy atom. The number of hydrogen-bond donors (Lipinski definition) is 4. The number of alkyl halides is 3. The number of piperazine rings is 1. The standard InChI is InChI=1S/C31H34F3N7O/c1-20-18-41(19-21(2)37-20)30-39-28(35-16-15-22-7-13-26(42)14-8-22)38-29(40-30)36-17-24-5-3-4-6-27(24)23-9-11-25(12-10-23)31(32,33)34/h3-14,20-21,37,42H,15-19H2,1-2H3,(H2,35,36,38,39,40)/t20-,21+.